The quantitative estimate of drug-likeness (QED) is 0.447. The zero-order valence-corrected chi connectivity index (χ0v) is 19.6. The zero-order valence-electron chi connectivity index (χ0n) is 19.6. The van der Waals surface area contributed by atoms with Crippen LogP contribution in [0.5, 0.6) is 11.5 Å². The molecule has 0 unspecified atom stereocenters. The molecule has 0 bridgehead atoms. The Balaban J connectivity index is 2.04. The predicted octanol–water partition coefficient (Wildman–Crippen LogP) is 5.86. The fourth-order valence-electron chi connectivity index (χ4n) is 3.42. The van der Waals surface area contributed by atoms with Gasteiger partial charge < -0.3 is 14.8 Å². The lowest BCUT2D eigenvalue weighted by molar-refractivity contribution is -0.137. The number of ether oxygens (including phenoxy) is 2. The molecule has 8 heteroatoms. The van der Waals surface area contributed by atoms with E-state index in [9.17, 15) is 18.0 Å². The van der Waals surface area contributed by atoms with Gasteiger partial charge in [-0.1, -0.05) is 12.1 Å². The molecule has 0 radical (unpaired) electrons. The monoisotopic (exact) mass is 464 g/mol. The minimum Gasteiger partial charge on any atom is -0.493 e. The van der Waals surface area contributed by atoms with Crippen molar-refractivity contribution in [3.05, 3.63) is 59.7 Å². The summed E-state index contributed by atoms with van der Waals surface area (Å²) in [5.41, 5.74) is -0.0110. The number of benzene rings is 2. The lowest BCUT2D eigenvalue weighted by Gasteiger charge is -2.30. The second-order valence-corrected chi connectivity index (χ2v) is 8.09. The molecule has 0 heterocycles. The average Bonchev–Trinajstić information content (AvgIpc) is 2.74. The fourth-order valence-corrected chi connectivity index (χ4v) is 3.42. The largest absolute Gasteiger partial charge is 0.493 e. The molecule has 0 aliphatic rings. The summed E-state index contributed by atoms with van der Waals surface area (Å²) in [7, 11) is 1.53. The van der Waals surface area contributed by atoms with Gasteiger partial charge in [0.05, 0.1) is 12.7 Å². The first-order valence-electron chi connectivity index (χ1n) is 10.7. The molecule has 0 saturated heterocycles. The number of carbonyl (C=O) groups is 1. The van der Waals surface area contributed by atoms with Crippen LogP contribution >= 0.6 is 0 Å². The number of nitrogens with zero attached hydrogens (tertiary/aromatic N) is 1. The second-order valence-electron chi connectivity index (χ2n) is 8.09. The van der Waals surface area contributed by atoms with Crippen LogP contribution in [-0.2, 0) is 11.0 Å². The van der Waals surface area contributed by atoms with Gasteiger partial charge in [0.15, 0.2) is 11.5 Å². The number of methoxy groups -OCH3 is 1. The zero-order chi connectivity index (χ0) is 24.6. The standard InChI is InChI=1S/C25H31F3N2O3/c1-17(2)30(18(3)4)13-14-33-23-16-21(10-11-22(23)32-5)29-24(31)12-9-19-7-6-8-20(15-19)25(26,27)28/h6-12,15-18H,13-14H2,1-5H3,(H,29,31). The number of hydrogen-bond donors (Lipinski definition) is 1. The maximum atomic E-state index is 12.8. The number of anilines is 1. The average molecular weight is 465 g/mol. The number of carbonyl (C=O) groups excluding carboxylic acids is 1. The number of amides is 1. The Morgan fingerprint density at radius 3 is 2.36 bits per heavy atom. The number of alkyl halides is 3. The first-order valence-corrected chi connectivity index (χ1v) is 10.7. The molecule has 0 aliphatic carbocycles. The van der Waals surface area contributed by atoms with Crippen LogP contribution < -0.4 is 14.8 Å². The Morgan fingerprint density at radius 1 is 1.06 bits per heavy atom. The van der Waals surface area contributed by atoms with Crippen molar-refractivity contribution in [3.8, 4) is 11.5 Å². The van der Waals surface area contributed by atoms with Crippen molar-refractivity contribution in [2.24, 2.45) is 0 Å². The van der Waals surface area contributed by atoms with Gasteiger partial charge in [0, 0.05) is 36.5 Å². The molecule has 2 rings (SSSR count). The van der Waals surface area contributed by atoms with E-state index < -0.39 is 17.6 Å². The van der Waals surface area contributed by atoms with Crippen molar-refractivity contribution in [1.82, 2.24) is 4.90 Å². The van der Waals surface area contributed by atoms with Crippen LogP contribution in [0.3, 0.4) is 0 Å². The van der Waals surface area contributed by atoms with Crippen LogP contribution in [0.25, 0.3) is 6.08 Å². The normalized spacial score (nSPS) is 12.1. The van der Waals surface area contributed by atoms with E-state index in [2.05, 4.69) is 37.9 Å². The van der Waals surface area contributed by atoms with E-state index in [0.29, 0.717) is 35.9 Å². The molecular formula is C25H31F3N2O3. The Bertz CT molecular complexity index is 948. The maximum Gasteiger partial charge on any atom is 0.416 e. The van der Waals surface area contributed by atoms with E-state index in [1.807, 2.05) is 0 Å². The minimum absolute atomic E-state index is 0.276. The molecule has 0 aromatic heterocycles. The predicted molar refractivity (Wildman–Crippen MR) is 125 cm³/mol. The Labute approximate surface area is 193 Å². The maximum absolute atomic E-state index is 12.8. The van der Waals surface area contributed by atoms with Crippen LogP contribution in [-0.4, -0.2) is 43.2 Å². The van der Waals surface area contributed by atoms with Gasteiger partial charge in [-0.3, -0.25) is 9.69 Å². The third-order valence-electron chi connectivity index (χ3n) is 5.01. The SMILES string of the molecule is COc1ccc(NC(=O)C=Cc2cccc(C(F)(F)F)c2)cc1OCCN(C(C)C)C(C)C. The van der Waals surface area contributed by atoms with Gasteiger partial charge in [-0.25, -0.2) is 0 Å². The summed E-state index contributed by atoms with van der Waals surface area (Å²) in [6, 6.07) is 10.5. The van der Waals surface area contributed by atoms with Crippen molar-refractivity contribution in [3.63, 3.8) is 0 Å². The van der Waals surface area contributed by atoms with E-state index in [0.717, 1.165) is 18.7 Å². The highest BCUT2D eigenvalue weighted by molar-refractivity contribution is 6.02. The highest BCUT2D eigenvalue weighted by atomic mass is 19.4. The van der Waals surface area contributed by atoms with Crippen molar-refractivity contribution in [1.29, 1.82) is 0 Å². The summed E-state index contributed by atoms with van der Waals surface area (Å²) in [5.74, 6) is 0.548. The van der Waals surface area contributed by atoms with Gasteiger partial charge in [-0.2, -0.15) is 13.2 Å². The summed E-state index contributed by atoms with van der Waals surface area (Å²) in [6.45, 7) is 9.69. The number of halogens is 3. The molecule has 1 amide bonds. The second kappa shape index (κ2) is 11.7. The lowest BCUT2D eigenvalue weighted by Crippen LogP contribution is -2.39. The lowest BCUT2D eigenvalue weighted by atomic mass is 10.1. The topological polar surface area (TPSA) is 50.8 Å². The van der Waals surface area contributed by atoms with Crippen molar-refractivity contribution < 1.29 is 27.4 Å². The van der Waals surface area contributed by atoms with E-state index in [4.69, 9.17) is 9.47 Å². The molecule has 0 atom stereocenters. The smallest absolute Gasteiger partial charge is 0.416 e. The van der Waals surface area contributed by atoms with Crippen molar-refractivity contribution in [2.45, 2.75) is 46.0 Å². The molecule has 2 aromatic rings. The minimum atomic E-state index is -4.44. The molecule has 2 aromatic carbocycles. The van der Waals surface area contributed by atoms with Crippen LogP contribution in [0.2, 0.25) is 0 Å². The van der Waals surface area contributed by atoms with Gasteiger partial charge >= 0.3 is 6.18 Å². The van der Waals surface area contributed by atoms with Gasteiger partial charge in [0.25, 0.3) is 0 Å². The van der Waals surface area contributed by atoms with Crippen LogP contribution in [0.15, 0.2) is 48.5 Å². The van der Waals surface area contributed by atoms with Gasteiger partial charge in [0.1, 0.15) is 6.61 Å². The summed E-state index contributed by atoms with van der Waals surface area (Å²) in [4.78, 5) is 14.6. The molecule has 180 valence electrons. The summed E-state index contributed by atoms with van der Waals surface area (Å²) in [6.07, 6.45) is -1.92. The molecule has 0 aliphatic heterocycles. The van der Waals surface area contributed by atoms with Gasteiger partial charge in [0.2, 0.25) is 5.91 Å². The summed E-state index contributed by atoms with van der Waals surface area (Å²) >= 11 is 0. The third kappa shape index (κ3) is 8.13. The van der Waals surface area contributed by atoms with Crippen LogP contribution in [0, 0.1) is 0 Å². The highest BCUT2D eigenvalue weighted by Gasteiger charge is 2.30. The number of hydrogen-bond acceptors (Lipinski definition) is 4. The molecule has 5 nitrogen and oxygen atoms in total. The van der Waals surface area contributed by atoms with Crippen molar-refractivity contribution >= 4 is 17.7 Å². The highest BCUT2D eigenvalue weighted by Crippen LogP contribution is 2.31. The number of rotatable bonds is 10. The van der Waals surface area contributed by atoms with Crippen LogP contribution in [0.1, 0.15) is 38.8 Å². The first-order chi connectivity index (χ1) is 15.5. The van der Waals surface area contributed by atoms with Crippen LogP contribution in [0.4, 0.5) is 18.9 Å². The van der Waals surface area contributed by atoms with Gasteiger partial charge in [-0.15, -0.1) is 0 Å². The molecule has 1 N–H and O–H groups in total. The molecule has 0 saturated carbocycles. The summed E-state index contributed by atoms with van der Waals surface area (Å²) < 4.78 is 49.8. The van der Waals surface area contributed by atoms with Crippen molar-refractivity contribution in [2.75, 3.05) is 25.6 Å². The molecule has 33 heavy (non-hydrogen) atoms. The Hall–Kier alpha value is -3.00. The molecule has 0 spiro atoms. The Kier molecular flexibility index (Phi) is 9.34. The first kappa shape index (κ1) is 26.3. The summed E-state index contributed by atoms with van der Waals surface area (Å²) in [5, 5.41) is 2.69. The number of nitrogens with one attached hydrogen (secondary N) is 1. The van der Waals surface area contributed by atoms with E-state index in [-0.39, 0.29) is 5.56 Å². The molecular weight excluding hydrogens is 433 g/mol. The Morgan fingerprint density at radius 2 is 1.76 bits per heavy atom. The molecule has 0 fully saturated rings. The third-order valence-corrected chi connectivity index (χ3v) is 5.01. The van der Waals surface area contributed by atoms with E-state index in [1.165, 1.54) is 31.4 Å². The fraction of sp³-hybridized carbons (Fsp3) is 0.400. The van der Waals surface area contributed by atoms with E-state index >= 15 is 0 Å². The van der Waals surface area contributed by atoms with E-state index in [1.54, 1.807) is 18.2 Å². The van der Waals surface area contributed by atoms with Gasteiger partial charge in [-0.05, 0) is 63.6 Å².